The topological polar surface area (TPSA) is 73.3 Å². The molecular formula is C13H13ClN2O4. The summed E-state index contributed by atoms with van der Waals surface area (Å²) in [5.74, 6) is 0.926. The van der Waals surface area contributed by atoms with Gasteiger partial charge in [0.2, 0.25) is 0 Å². The summed E-state index contributed by atoms with van der Waals surface area (Å²) in [7, 11) is 2.98. The van der Waals surface area contributed by atoms with Gasteiger partial charge in [0.25, 0.3) is 5.56 Å². The van der Waals surface area contributed by atoms with Gasteiger partial charge < -0.3 is 9.47 Å². The van der Waals surface area contributed by atoms with Gasteiger partial charge in [0.1, 0.15) is 5.15 Å². The molecule has 1 aromatic heterocycles. The zero-order valence-corrected chi connectivity index (χ0v) is 11.9. The fourth-order valence-electron chi connectivity index (χ4n) is 1.80. The third-order valence-corrected chi connectivity index (χ3v) is 3.28. The van der Waals surface area contributed by atoms with Gasteiger partial charge in [-0.3, -0.25) is 9.78 Å². The molecule has 0 aliphatic rings. The van der Waals surface area contributed by atoms with Gasteiger partial charge in [-0.15, -0.1) is 0 Å². The van der Waals surface area contributed by atoms with Gasteiger partial charge in [-0.2, -0.15) is 0 Å². The molecule has 106 valence electrons. The number of ether oxygens (including phenoxy) is 2. The molecule has 0 radical (unpaired) electrons. The number of H-pyrrole nitrogens is 1. The van der Waals surface area contributed by atoms with E-state index in [1.54, 1.807) is 18.2 Å². The Kier molecular flexibility index (Phi) is 3.85. The van der Waals surface area contributed by atoms with Crippen molar-refractivity contribution >= 4 is 11.6 Å². The average Bonchev–Trinajstić information content (AvgIpc) is 2.44. The van der Waals surface area contributed by atoms with Crippen molar-refractivity contribution in [2.75, 3.05) is 14.2 Å². The lowest BCUT2D eigenvalue weighted by Gasteiger charge is -2.11. The van der Waals surface area contributed by atoms with Crippen molar-refractivity contribution in [1.29, 1.82) is 0 Å². The third kappa shape index (κ3) is 2.30. The fourth-order valence-corrected chi connectivity index (χ4v) is 1.96. The molecule has 0 bridgehead atoms. The minimum Gasteiger partial charge on any atom is -0.493 e. The van der Waals surface area contributed by atoms with Crippen LogP contribution < -0.4 is 20.7 Å². The number of aromatic nitrogens is 2. The lowest BCUT2D eigenvalue weighted by molar-refractivity contribution is 0.355. The number of hydrogen-bond donors (Lipinski definition) is 1. The van der Waals surface area contributed by atoms with Crippen LogP contribution in [0.25, 0.3) is 5.69 Å². The Morgan fingerprint density at radius 1 is 1.15 bits per heavy atom. The highest BCUT2D eigenvalue weighted by Crippen LogP contribution is 2.28. The van der Waals surface area contributed by atoms with Gasteiger partial charge in [-0.1, -0.05) is 11.6 Å². The summed E-state index contributed by atoms with van der Waals surface area (Å²) in [6.45, 7) is 1.54. The van der Waals surface area contributed by atoms with Crippen LogP contribution in [0.2, 0.25) is 5.15 Å². The number of nitrogens with one attached hydrogen (secondary N) is 1. The first-order chi connectivity index (χ1) is 9.49. The molecule has 2 rings (SSSR count). The Morgan fingerprint density at radius 3 is 2.40 bits per heavy atom. The van der Waals surface area contributed by atoms with Crippen molar-refractivity contribution in [1.82, 2.24) is 9.55 Å². The molecule has 0 spiro atoms. The molecule has 1 N–H and O–H groups in total. The molecule has 6 nitrogen and oxygen atoms in total. The summed E-state index contributed by atoms with van der Waals surface area (Å²) in [5.41, 5.74) is -0.460. The monoisotopic (exact) mass is 296 g/mol. The quantitative estimate of drug-likeness (QED) is 0.871. The minimum absolute atomic E-state index is 0.0386. The first kappa shape index (κ1) is 14.2. The highest BCUT2D eigenvalue weighted by molar-refractivity contribution is 6.30. The number of methoxy groups -OCH3 is 2. The van der Waals surface area contributed by atoms with Crippen LogP contribution in [0.15, 0.2) is 27.8 Å². The molecule has 7 heteroatoms. The van der Waals surface area contributed by atoms with Crippen LogP contribution in [-0.2, 0) is 0 Å². The average molecular weight is 297 g/mol. The third-order valence-electron chi connectivity index (χ3n) is 2.90. The Bertz CT molecular complexity index is 764. The van der Waals surface area contributed by atoms with Crippen molar-refractivity contribution in [3.8, 4) is 17.2 Å². The van der Waals surface area contributed by atoms with Gasteiger partial charge in [0.05, 0.1) is 25.5 Å². The van der Waals surface area contributed by atoms with Gasteiger partial charge in [0.15, 0.2) is 11.5 Å². The number of benzene rings is 1. The second-order valence-corrected chi connectivity index (χ2v) is 4.43. The summed E-state index contributed by atoms with van der Waals surface area (Å²) < 4.78 is 11.3. The van der Waals surface area contributed by atoms with Crippen LogP contribution >= 0.6 is 11.6 Å². The van der Waals surface area contributed by atoms with E-state index in [9.17, 15) is 9.59 Å². The highest BCUT2D eigenvalue weighted by Gasteiger charge is 2.13. The fraction of sp³-hybridized carbons (Fsp3) is 0.231. The summed E-state index contributed by atoms with van der Waals surface area (Å²) >= 11 is 5.77. The number of aromatic amines is 1. The molecule has 0 fully saturated rings. The molecule has 0 aliphatic carbocycles. The van der Waals surface area contributed by atoms with E-state index in [1.807, 2.05) is 0 Å². The maximum Gasteiger partial charge on any atom is 0.334 e. The highest BCUT2D eigenvalue weighted by atomic mass is 35.5. The van der Waals surface area contributed by atoms with Gasteiger partial charge in [-0.25, -0.2) is 9.36 Å². The normalized spacial score (nSPS) is 10.4. The Balaban J connectivity index is 2.73. The van der Waals surface area contributed by atoms with Crippen molar-refractivity contribution in [2.45, 2.75) is 6.92 Å². The van der Waals surface area contributed by atoms with E-state index in [1.165, 1.54) is 21.1 Å². The first-order valence-electron chi connectivity index (χ1n) is 5.73. The molecule has 1 heterocycles. The van der Waals surface area contributed by atoms with Crippen molar-refractivity contribution in [3.63, 3.8) is 0 Å². The van der Waals surface area contributed by atoms with Crippen molar-refractivity contribution < 1.29 is 9.47 Å². The van der Waals surface area contributed by atoms with Crippen LogP contribution in [-0.4, -0.2) is 23.8 Å². The molecule has 0 saturated heterocycles. The van der Waals surface area contributed by atoms with Crippen molar-refractivity contribution in [3.05, 3.63) is 49.8 Å². The van der Waals surface area contributed by atoms with E-state index in [4.69, 9.17) is 21.1 Å². The smallest absolute Gasteiger partial charge is 0.334 e. The predicted molar refractivity (Wildman–Crippen MR) is 75.5 cm³/mol. The predicted octanol–water partition coefficient (Wildman–Crippen LogP) is 1.50. The number of rotatable bonds is 3. The van der Waals surface area contributed by atoms with Crippen LogP contribution in [0.1, 0.15) is 5.56 Å². The Morgan fingerprint density at radius 2 is 1.80 bits per heavy atom. The van der Waals surface area contributed by atoms with E-state index in [-0.39, 0.29) is 10.7 Å². The standard InChI is InChI=1S/C13H13ClN2O4/c1-7-11(14)15-13(18)16(12(7)17)8-4-5-9(19-2)10(6-8)20-3/h4-6H,1-3H3,(H,15,18). The summed E-state index contributed by atoms with van der Waals surface area (Å²) in [4.78, 5) is 26.5. The van der Waals surface area contributed by atoms with Crippen LogP contribution in [0, 0.1) is 6.92 Å². The summed E-state index contributed by atoms with van der Waals surface area (Å²) in [6, 6.07) is 4.75. The van der Waals surface area contributed by atoms with Gasteiger partial charge in [0, 0.05) is 6.07 Å². The number of hydrogen-bond acceptors (Lipinski definition) is 4. The van der Waals surface area contributed by atoms with E-state index < -0.39 is 11.2 Å². The second-order valence-electron chi connectivity index (χ2n) is 4.05. The molecular weight excluding hydrogens is 284 g/mol. The first-order valence-corrected chi connectivity index (χ1v) is 6.11. The number of halogens is 1. The maximum absolute atomic E-state index is 12.2. The molecule has 2 aromatic rings. The van der Waals surface area contributed by atoms with E-state index in [0.29, 0.717) is 17.2 Å². The second kappa shape index (κ2) is 5.42. The molecule has 0 saturated carbocycles. The molecule has 0 amide bonds. The Labute approximate surface area is 119 Å². The van der Waals surface area contributed by atoms with E-state index in [0.717, 1.165) is 4.57 Å². The molecule has 0 unspecified atom stereocenters. The lowest BCUT2D eigenvalue weighted by atomic mass is 10.2. The molecule has 0 atom stereocenters. The van der Waals surface area contributed by atoms with Crippen LogP contribution in [0.5, 0.6) is 11.5 Å². The largest absolute Gasteiger partial charge is 0.493 e. The molecule has 1 aromatic carbocycles. The van der Waals surface area contributed by atoms with E-state index >= 15 is 0 Å². The van der Waals surface area contributed by atoms with E-state index in [2.05, 4.69) is 4.98 Å². The zero-order valence-electron chi connectivity index (χ0n) is 11.2. The van der Waals surface area contributed by atoms with Gasteiger partial charge >= 0.3 is 5.69 Å². The number of nitrogens with zero attached hydrogens (tertiary/aromatic N) is 1. The Hall–Kier alpha value is -2.21. The lowest BCUT2D eigenvalue weighted by Crippen LogP contribution is -2.35. The SMILES string of the molecule is COc1ccc(-n2c(=O)[nH]c(Cl)c(C)c2=O)cc1OC. The summed E-state index contributed by atoms with van der Waals surface area (Å²) in [6.07, 6.45) is 0. The molecule has 20 heavy (non-hydrogen) atoms. The van der Waals surface area contributed by atoms with Crippen molar-refractivity contribution in [2.24, 2.45) is 0 Å². The van der Waals surface area contributed by atoms with Crippen LogP contribution in [0.4, 0.5) is 0 Å². The maximum atomic E-state index is 12.2. The summed E-state index contributed by atoms with van der Waals surface area (Å²) in [5, 5.41) is 0.0386. The minimum atomic E-state index is -0.613. The van der Waals surface area contributed by atoms with Gasteiger partial charge in [-0.05, 0) is 19.1 Å². The zero-order chi connectivity index (χ0) is 14.9. The van der Waals surface area contributed by atoms with Crippen LogP contribution in [0.3, 0.4) is 0 Å². The molecule has 0 aliphatic heterocycles.